The van der Waals surface area contributed by atoms with E-state index in [2.05, 4.69) is 25.9 Å². The maximum atomic E-state index is 12.1. The topological polar surface area (TPSA) is 34.9 Å². The summed E-state index contributed by atoms with van der Waals surface area (Å²) in [6.45, 7) is 6.54. The number of rotatable bonds is 3. The fourth-order valence-electron chi connectivity index (χ4n) is 1.72. The molecule has 0 bridgehead atoms. The number of ketones is 1. The van der Waals surface area contributed by atoms with Crippen LogP contribution in [0.4, 0.5) is 0 Å². The van der Waals surface area contributed by atoms with Crippen molar-refractivity contribution in [1.29, 1.82) is 0 Å². The van der Waals surface area contributed by atoms with Crippen molar-refractivity contribution < 1.29 is 4.79 Å². The molecule has 0 atom stereocenters. The largest absolute Gasteiger partial charge is 0.292 e. The summed E-state index contributed by atoms with van der Waals surface area (Å²) >= 11 is 5.80. The third-order valence-electron chi connectivity index (χ3n) is 2.88. The molecule has 0 spiro atoms. The number of hydrogen-bond donors (Lipinski definition) is 0. The Labute approximate surface area is 118 Å². The minimum absolute atomic E-state index is 0.00539. The highest BCUT2D eigenvalue weighted by atomic mass is 35.5. The molecule has 0 unspecified atom stereocenters. The van der Waals surface area contributed by atoms with E-state index in [9.17, 15) is 4.79 Å². The van der Waals surface area contributed by atoms with E-state index >= 15 is 0 Å². The number of aromatic nitrogens is 2. The molecule has 2 rings (SSSR count). The van der Waals surface area contributed by atoms with Crippen LogP contribution in [0.3, 0.4) is 0 Å². The molecule has 0 aliphatic heterocycles. The molecule has 19 heavy (non-hydrogen) atoms. The Morgan fingerprint density at radius 3 is 2.37 bits per heavy atom. The average molecular weight is 277 g/mol. The zero-order chi connectivity index (χ0) is 14.0. The van der Waals surface area contributed by atoms with Gasteiger partial charge in [0, 0.05) is 22.2 Å². The summed E-state index contributed by atoms with van der Waals surface area (Å²) in [5.74, 6) is 0.0280. The van der Waals surface area contributed by atoms with Gasteiger partial charge >= 0.3 is 0 Å². The molecule has 0 aliphatic carbocycles. The van der Waals surface area contributed by atoms with Crippen molar-refractivity contribution in [2.45, 2.75) is 32.7 Å². The average Bonchev–Trinajstić information content (AvgIpc) is 2.78. The van der Waals surface area contributed by atoms with Gasteiger partial charge < -0.3 is 0 Å². The molecule has 1 aromatic carbocycles. The fourth-order valence-corrected chi connectivity index (χ4v) is 1.85. The summed E-state index contributed by atoms with van der Waals surface area (Å²) < 4.78 is 1.68. The first-order chi connectivity index (χ1) is 8.86. The molecule has 4 heteroatoms. The standard InChI is InChI=1S/C15H17ClN2O/c1-15(2,3)14-8-9-18(17-14)10-13(19)11-4-6-12(16)7-5-11/h4-9H,10H2,1-3H3. The lowest BCUT2D eigenvalue weighted by Gasteiger charge is -2.14. The van der Waals surface area contributed by atoms with Gasteiger partial charge in [0.25, 0.3) is 0 Å². The Bertz CT molecular complexity index is 579. The third kappa shape index (κ3) is 3.44. The van der Waals surface area contributed by atoms with Crippen LogP contribution < -0.4 is 0 Å². The van der Waals surface area contributed by atoms with Crippen LogP contribution in [0.15, 0.2) is 36.5 Å². The van der Waals surface area contributed by atoms with E-state index in [1.807, 2.05) is 12.3 Å². The molecular formula is C15H17ClN2O. The van der Waals surface area contributed by atoms with Gasteiger partial charge in [-0.1, -0.05) is 32.4 Å². The van der Waals surface area contributed by atoms with Crippen LogP contribution in [0.25, 0.3) is 0 Å². The maximum absolute atomic E-state index is 12.1. The van der Waals surface area contributed by atoms with Gasteiger partial charge in [-0.05, 0) is 30.3 Å². The van der Waals surface area contributed by atoms with Crippen molar-refractivity contribution in [1.82, 2.24) is 9.78 Å². The van der Waals surface area contributed by atoms with E-state index in [1.54, 1.807) is 28.9 Å². The number of carbonyl (C=O) groups excluding carboxylic acids is 1. The molecule has 100 valence electrons. The Hall–Kier alpha value is -1.61. The van der Waals surface area contributed by atoms with E-state index in [4.69, 9.17) is 11.6 Å². The summed E-state index contributed by atoms with van der Waals surface area (Å²) in [5, 5.41) is 5.06. The lowest BCUT2D eigenvalue weighted by atomic mass is 9.93. The Morgan fingerprint density at radius 2 is 1.84 bits per heavy atom. The van der Waals surface area contributed by atoms with E-state index in [0.29, 0.717) is 10.6 Å². The third-order valence-corrected chi connectivity index (χ3v) is 3.13. The number of halogens is 1. The highest BCUT2D eigenvalue weighted by Crippen LogP contribution is 2.19. The fraction of sp³-hybridized carbons (Fsp3) is 0.333. The predicted octanol–water partition coefficient (Wildman–Crippen LogP) is 3.72. The lowest BCUT2D eigenvalue weighted by molar-refractivity contribution is 0.0967. The van der Waals surface area contributed by atoms with Gasteiger partial charge in [0.15, 0.2) is 5.78 Å². The molecule has 0 radical (unpaired) electrons. The van der Waals surface area contributed by atoms with Crippen LogP contribution in [-0.4, -0.2) is 15.6 Å². The second kappa shape index (κ2) is 5.17. The van der Waals surface area contributed by atoms with Crippen LogP contribution in [0.1, 0.15) is 36.8 Å². The normalized spacial score (nSPS) is 11.6. The van der Waals surface area contributed by atoms with Gasteiger partial charge in [-0.3, -0.25) is 9.48 Å². The summed E-state index contributed by atoms with van der Waals surface area (Å²) in [6, 6.07) is 8.86. The van der Waals surface area contributed by atoms with E-state index in [0.717, 1.165) is 5.69 Å². The number of nitrogens with zero attached hydrogens (tertiary/aromatic N) is 2. The molecule has 2 aromatic rings. The van der Waals surface area contributed by atoms with Gasteiger partial charge in [-0.2, -0.15) is 5.10 Å². The van der Waals surface area contributed by atoms with Gasteiger partial charge in [0.05, 0.1) is 5.69 Å². The van der Waals surface area contributed by atoms with Gasteiger partial charge in [-0.15, -0.1) is 0 Å². The molecule has 0 amide bonds. The molecule has 0 aliphatic rings. The Balaban J connectivity index is 2.11. The smallest absolute Gasteiger partial charge is 0.184 e. The van der Waals surface area contributed by atoms with Crippen LogP contribution in [-0.2, 0) is 12.0 Å². The summed E-state index contributed by atoms with van der Waals surface area (Å²) in [5.41, 5.74) is 1.63. The van der Waals surface area contributed by atoms with Gasteiger partial charge in [0.2, 0.25) is 0 Å². The van der Waals surface area contributed by atoms with E-state index < -0.39 is 0 Å². The molecule has 1 aromatic heterocycles. The first-order valence-corrected chi connectivity index (χ1v) is 6.57. The molecule has 3 nitrogen and oxygen atoms in total. The summed E-state index contributed by atoms with van der Waals surface area (Å²) in [7, 11) is 0. The molecular weight excluding hydrogens is 260 g/mol. The van der Waals surface area contributed by atoms with Crippen molar-refractivity contribution in [3.05, 3.63) is 52.8 Å². The maximum Gasteiger partial charge on any atom is 0.184 e. The molecule has 0 saturated carbocycles. The molecule has 1 heterocycles. The van der Waals surface area contributed by atoms with Crippen LogP contribution in [0.2, 0.25) is 5.02 Å². The Morgan fingerprint density at radius 1 is 1.21 bits per heavy atom. The quantitative estimate of drug-likeness (QED) is 0.801. The van der Waals surface area contributed by atoms with Crippen LogP contribution in [0.5, 0.6) is 0 Å². The van der Waals surface area contributed by atoms with E-state index in [-0.39, 0.29) is 17.7 Å². The first-order valence-electron chi connectivity index (χ1n) is 6.19. The lowest BCUT2D eigenvalue weighted by Crippen LogP contribution is -2.15. The minimum Gasteiger partial charge on any atom is -0.292 e. The van der Waals surface area contributed by atoms with E-state index in [1.165, 1.54) is 0 Å². The van der Waals surface area contributed by atoms with Crippen molar-refractivity contribution in [2.24, 2.45) is 0 Å². The van der Waals surface area contributed by atoms with Gasteiger partial charge in [-0.25, -0.2) is 0 Å². The number of benzene rings is 1. The summed E-state index contributed by atoms with van der Waals surface area (Å²) in [6.07, 6.45) is 1.84. The Kier molecular flexibility index (Phi) is 3.76. The summed E-state index contributed by atoms with van der Waals surface area (Å²) in [4.78, 5) is 12.1. The number of hydrogen-bond acceptors (Lipinski definition) is 2. The second-order valence-electron chi connectivity index (χ2n) is 5.58. The number of carbonyl (C=O) groups is 1. The van der Waals surface area contributed by atoms with Crippen LogP contribution >= 0.6 is 11.6 Å². The predicted molar refractivity (Wildman–Crippen MR) is 76.7 cm³/mol. The minimum atomic E-state index is -0.00539. The van der Waals surface area contributed by atoms with Crippen molar-refractivity contribution in [2.75, 3.05) is 0 Å². The zero-order valence-corrected chi connectivity index (χ0v) is 12.1. The number of Topliss-reactive ketones (excluding diaryl/α,β-unsaturated/α-hetero) is 1. The molecule has 0 fully saturated rings. The highest BCUT2D eigenvalue weighted by molar-refractivity contribution is 6.30. The molecule has 0 N–H and O–H groups in total. The van der Waals surface area contributed by atoms with Crippen molar-refractivity contribution in [3.63, 3.8) is 0 Å². The van der Waals surface area contributed by atoms with Crippen LogP contribution in [0, 0.1) is 0 Å². The highest BCUT2D eigenvalue weighted by Gasteiger charge is 2.17. The SMILES string of the molecule is CC(C)(C)c1ccn(CC(=O)c2ccc(Cl)cc2)n1. The van der Waals surface area contributed by atoms with Crippen molar-refractivity contribution in [3.8, 4) is 0 Å². The monoisotopic (exact) mass is 276 g/mol. The van der Waals surface area contributed by atoms with Gasteiger partial charge in [0.1, 0.15) is 6.54 Å². The second-order valence-corrected chi connectivity index (χ2v) is 6.02. The van der Waals surface area contributed by atoms with Crippen molar-refractivity contribution >= 4 is 17.4 Å². The zero-order valence-electron chi connectivity index (χ0n) is 11.4. The molecule has 0 saturated heterocycles. The first kappa shape index (κ1) is 13.8.